The van der Waals surface area contributed by atoms with Crippen molar-refractivity contribution in [2.75, 3.05) is 9.80 Å². The Morgan fingerprint density at radius 2 is 1.08 bits per heavy atom. The number of furan rings is 1. The molecule has 2 aliphatic carbocycles. The highest BCUT2D eigenvalue weighted by Crippen LogP contribution is 2.60. The molecule has 2 atom stereocenters. The van der Waals surface area contributed by atoms with Crippen LogP contribution in [-0.2, 0) is 5.41 Å². The average Bonchev–Trinajstić information content (AvgIpc) is 4.02. The second-order valence-electron chi connectivity index (χ2n) is 18.0. The van der Waals surface area contributed by atoms with Crippen LogP contribution in [-0.4, -0.2) is 4.98 Å². The third kappa shape index (κ3) is 5.96. The smallest absolute Gasteiger partial charge is 0.227 e. The number of hydrogen-bond donors (Lipinski definition) is 0. The molecule has 13 rings (SSSR count). The predicted molar refractivity (Wildman–Crippen MR) is 268 cm³/mol. The van der Waals surface area contributed by atoms with Crippen LogP contribution in [0.5, 0.6) is 0 Å². The van der Waals surface area contributed by atoms with Crippen LogP contribution < -0.4 is 9.80 Å². The van der Waals surface area contributed by atoms with Crippen LogP contribution in [0.25, 0.3) is 61.3 Å². The lowest BCUT2D eigenvalue weighted by Gasteiger charge is -2.34. The average molecular weight is 838 g/mol. The Bertz CT molecular complexity index is 3620. The fraction of sp³-hybridized carbons (Fsp3) is 0.0833. The van der Waals surface area contributed by atoms with Crippen molar-refractivity contribution in [2.24, 2.45) is 0 Å². The van der Waals surface area contributed by atoms with Crippen LogP contribution in [0.4, 0.5) is 34.1 Å². The second-order valence-corrected chi connectivity index (χ2v) is 18.0. The number of anilines is 6. The summed E-state index contributed by atoms with van der Waals surface area (Å²) in [6, 6.07) is 71.1. The largest absolute Gasteiger partial charge is 0.456 e. The molecule has 11 aromatic rings. The fourth-order valence-electron chi connectivity index (χ4n) is 10.9. The van der Waals surface area contributed by atoms with Gasteiger partial charge in [0.2, 0.25) is 5.89 Å². The van der Waals surface area contributed by atoms with Gasteiger partial charge in [-0.1, -0.05) is 129 Å². The molecule has 0 aliphatic heterocycles. The Kier molecular flexibility index (Phi) is 8.31. The van der Waals surface area contributed by atoms with Gasteiger partial charge in [0, 0.05) is 67.9 Å². The van der Waals surface area contributed by atoms with Gasteiger partial charge in [0.15, 0.2) is 5.58 Å². The standard InChI is InChI=1S/C60H43N3O2/c1-60(2)53-35-40-15-10-9-14-39(40)34-51(53)49-29-30-50-48(57(49)60)31-32-54-58(50)65-59(61-54)38-24-26-43(27-25-38)63(46-28-33-56-52(37-46)47-22-11-12-23-55(47)64-56)45-21-13-20-44(36-45)62(41-16-5-3-6-17-41)42-18-7-4-8-19-42/h3-37,49,57H,1-2H3. The molecule has 310 valence electrons. The van der Waals surface area contributed by atoms with Crippen molar-refractivity contribution in [3.8, 4) is 11.5 Å². The summed E-state index contributed by atoms with van der Waals surface area (Å²) < 4.78 is 13.1. The predicted octanol–water partition coefficient (Wildman–Crippen LogP) is 16.7. The Morgan fingerprint density at radius 3 is 1.83 bits per heavy atom. The van der Waals surface area contributed by atoms with Crippen LogP contribution in [0, 0.1) is 0 Å². The first-order valence-corrected chi connectivity index (χ1v) is 22.4. The van der Waals surface area contributed by atoms with E-state index < -0.39 is 0 Å². The number of aromatic nitrogens is 1. The highest BCUT2D eigenvalue weighted by atomic mass is 16.3. The number of para-hydroxylation sites is 3. The van der Waals surface area contributed by atoms with Gasteiger partial charge in [-0.2, -0.15) is 0 Å². The van der Waals surface area contributed by atoms with Crippen LogP contribution in [0.15, 0.2) is 215 Å². The summed E-state index contributed by atoms with van der Waals surface area (Å²) in [5, 5.41) is 4.75. The number of rotatable bonds is 7. The van der Waals surface area contributed by atoms with Crippen molar-refractivity contribution >= 4 is 84.0 Å². The molecular formula is C60H43N3O2. The van der Waals surface area contributed by atoms with Gasteiger partial charge in [-0.25, -0.2) is 4.98 Å². The Hall–Kier alpha value is -8.15. The molecule has 0 N–H and O–H groups in total. The molecule has 0 saturated heterocycles. The zero-order valence-electron chi connectivity index (χ0n) is 36.0. The van der Waals surface area contributed by atoms with Gasteiger partial charge in [-0.15, -0.1) is 0 Å². The molecule has 0 fully saturated rings. The first-order valence-electron chi connectivity index (χ1n) is 22.4. The topological polar surface area (TPSA) is 45.7 Å². The van der Waals surface area contributed by atoms with Crippen LogP contribution in [0.2, 0.25) is 0 Å². The molecule has 2 unspecified atom stereocenters. The number of fused-ring (bicyclic) bond motifs is 11. The van der Waals surface area contributed by atoms with Gasteiger partial charge >= 0.3 is 0 Å². The Labute approximate surface area is 377 Å². The van der Waals surface area contributed by atoms with E-state index in [4.69, 9.17) is 13.8 Å². The van der Waals surface area contributed by atoms with Crippen molar-refractivity contribution in [3.05, 3.63) is 229 Å². The molecule has 0 spiro atoms. The van der Waals surface area contributed by atoms with Crippen LogP contribution >= 0.6 is 0 Å². The van der Waals surface area contributed by atoms with E-state index in [9.17, 15) is 0 Å². The molecular weight excluding hydrogens is 795 g/mol. The number of nitrogens with zero attached hydrogens (tertiary/aromatic N) is 3. The Balaban J connectivity index is 0.898. The van der Waals surface area contributed by atoms with Gasteiger partial charge in [-0.05, 0) is 130 Å². The summed E-state index contributed by atoms with van der Waals surface area (Å²) in [5.41, 5.74) is 15.9. The van der Waals surface area contributed by atoms with Gasteiger partial charge in [0.1, 0.15) is 16.7 Å². The highest BCUT2D eigenvalue weighted by Gasteiger charge is 2.48. The summed E-state index contributed by atoms with van der Waals surface area (Å²) in [6.07, 6.45) is 4.68. The molecule has 2 heterocycles. The van der Waals surface area contributed by atoms with Gasteiger partial charge in [0.05, 0.1) is 0 Å². The first kappa shape index (κ1) is 37.4. The number of benzene rings is 9. The van der Waals surface area contributed by atoms with E-state index in [0.29, 0.717) is 17.7 Å². The van der Waals surface area contributed by atoms with E-state index in [1.807, 2.05) is 12.1 Å². The lowest BCUT2D eigenvalue weighted by molar-refractivity contribution is 0.424. The molecule has 0 saturated carbocycles. The maximum absolute atomic E-state index is 6.79. The molecule has 0 amide bonds. The zero-order chi connectivity index (χ0) is 43.2. The normalized spacial score (nSPS) is 15.9. The van der Waals surface area contributed by atoms with Gasteiger partial charge < -0.3 is 18.6 Å². The Morgan fingerprint density at radius 1 is 0.477 bits per heavy atom. The second kappa shape index (κ2) is 14.4. The lowest BCUT2D eigenvalue weighted by atomic mass is 9.69. The third-order valence-corrected chi connectivity index (χ3v) is 13.9. The monoisotopic (exact) mass is 837 g/mol. The summed E-state index contributed by atoms with van der Waals surface area (Å²) in [4.78, 5) is 9.71. The summed E-state index contributed by atoms with van der Waals surface area (Å²) >= 11 is 0. The van der Waals surface area contributed by atoms with Crippen molar-refractivity contribution in [2.45, 2.75) is 31.1 Å². The minimum absolute atomic E-state index is 0.0576. The van der Waals surface area contributed by atoms with Crippen molar-refractivity contribution in [1.82, 2.24) is 4.98 Å². The summed E-state index contributed by atoms with van der Waals surface area (Å²) in [6.45, 7) is 4.81. The maximum atomic E-state index is 6.79. The molecule has 65 heavy (non-hydrogen) atoms. The van der Waals surface area contributed by atoms with Crippen molar-refractivity contribution in [3.63, 3.8) is 0 Å². The van der Waals surface area contributed by atoms with Crippen molar-refractivity contribution < 1.29 is 8.83 Å². The quantitative estimate of drug-likeness (QED) is 0.160. The summed E-state index contributed by atoms with van der Waals surface area (Å²) in [7, 11) is 0. The molecule has 2 aromatic heterocycles. The van der Waals surface area contributed by atoms with E-state index in [1.54, 1.807) is 0 Å². The van der Waals surface area contributed by atoms with E-state index in [2.05, 4.69) is 224 Å². The van der Waals surface area contributed by atoms with E-state index in [0.717, 1.165) is 78.3 Å². The minimum Gasteiger partial charge on any atom is -0.456 e. The molecule has 9 aromatic carbocycles. The minimum atomic E-state index is -0.0576. The molecule has 5 nitrogen and oxygen atoms in total. The third-order valence-electron chi connectivity index (χ3n) is 13.9. The fourth-order valence-corrected chi connectivity index (χ4v) is 10.9. The van der Waals surface area contributed by atoms with Crippen LogP contribution in [0.3, 0.4) is 0 Å². The lowest BCUT2D eigenvalue weighted by Crippen LogP contribution is -2.25. The maximum Gasteiger partial charge on any atom is 0.227 e. The van der Waals surface area contributed by atoms with E-state index >= 15 is 0 Å². The van der Waals surface area contributed by atoms with Gasteiger partial charge in [0.25, 0.3) is 0 Å². The number of allylic oxidation sites excluding steroid dienone is 1. The molecule has 0 radical (unpaired) electrons. The molecule has 0 bridgehead atoms. The number of hydrogen-bond acceptors (Lipinski definition) is 5. The SMILES string of the molecule is CC1(C)c2cc3ccccc3cc2C2C=Cc3c(ccc4nc(-c5ccc(N(c6cccc(N(c7ccccc7)c7ccccc7)c6)c6ccc7oc8ccccc8c7c6)cc5)oc34)C21. The zero-order valence-corrected chi connectivity index (χ0v) is 36.0. The molecule has 5 heteroatoms. The molecule has 2 aliphatic rings. The van der Waals surface area contributed by atoms with Gasteiger partial charge in [-0.3, -0.25) is 0 Å². The highest BCUT2D eigenvalue weighted by molar-refractivity contribution is 6.06. The number of oxazole rings is 1. The summed E-state index contributed by atoms with van der Waals surface area (Å²) in [5.74, 6) is 1.21. The van der Waals surface area contributed by atoms with E-state index in [1.165, 1.54) is 27.5 Å². The van der Waals surface area contributed by atoms with Crippen molar-refractivity contribution in [1.29, 1.82) is 0 Å². The van der Waals surface area contributed by atoms with Crippen LogP contribution in [0.1, 0.15) is 47.9 Å². The van der Waals surface area contributed by atoms with E-state index in [-0.39, 0.29) is 5.41 Å². The first-order chi connectivity index (χ1) is 32.0.